The molecule has 0 N–H and O–H groups in total. The number of halogens is 1. The third kappa shape index (κ3) is 2.86. The van der Waals surface area contributed by atoms with E-state index in [0.717, 1.165) is 55.7 Å². The standard InChI is InChI=1S/C21H21FN2O2/c22-16-5-6-18-20(12-16)26-23-21(18)14-7-9-24(10-8-14)13-17-11-15-3-1-2-4-19(15)25-17/h1-6,12,14,17H,7-11,13H2. The molecular formula is C21H21FN2O2. The van der Waals surface area contributed by atoms with Gasteiger partial charge in [0.15, 0.2) is 5.58 Å². The van der Waals surface area contributed by atoms with Gasteiger partial charge in [0.2, 0.25) is 0 Å². The Hall–Kier alpha value is -2.40. The van der Waals surface area contributed by atoms with E-state index in [1.165, 1.54) is 17.7 Å². The normalized spacial score (nSPS) is 21.0. The summed E-state index contributed by atoms with van der Waals surface area (Å²) >= 11 is 0. The van der Waals surface area contributed by atoms with Crippen LogP contribution in [-0.2, 0) is 6.42 Å². The van der Waals surface area contributed by atoms with Gasteiger partial charge in [0.1, 0.15) is 17.7 Å². The van der Waals surface area contributed by atoms with Crippen LogP contribution in [0, 0.1) is 5.82 Å². The zero-order valence-corrected chi connectivity index (χ0v) is 14.5. The summed E-state index contributed by atoms with van der Waals surface area (Å²) in [7, 11) is 0. The van der Waals surface area contributed by atoms with Crippen LogP contribution in [0.2, 0.25) is 0 Å². The first kappa shape index (κ1) is 15.8. The predicted octanol–water partition coefficient (Wildman–Crippen LogP) is 4.15. The molecule has 4 nitrogen and oxygen atoms in total. The van der Waals surface area contributed by atoms with Crippen molar-refractivity contribution in [2.45, 2.75) is 31.3 Å². The van der Waals surface area contributed by atoms with Crippen molar-refractivity contribution < 1.29 is 13.7 Å². The van der Waals surface area contributed by atoms with Crippen LogP contribution in [0.4, 0.5) is 4.39 Å². The number of hydrogen-bond donors (Lipinski definition) is 0. The van der Waals surface area contributed by atoms with Gasteiger partial charge < -0.3 is 9.26 Å². The lowest BCUT2D eigenvalue weighted by Crippen LogP contribution is -2.39. The summed E-state index contributed by atoms with van der Waals surface area (Å²) < 4.78 is 24.7. The molecule has 5 rings (SSSR count). The average molecular weight is 352 g/mol. The molecule has 26 heavy (non-hydrogen) atoms. The third-order valence-corrected chi connectivity index (χ3v) is 5.61. The second-order valence-corrected chi connectivity index (χ2v) is 7.33. The number of fused-ring (bicyclic) bond motifs is 2. The van der Waals surface area contributed by atoms with Crippen LogP contribution >= 0.6 is 0 Å². The van der Waals surface area contributed by atoms with Crippen LogP contribution in [0.15, 0.2) is 47.0 Å². The topological polar surface area (TPSA) is 38.5 Å². The maximum Gasteiger partial charge on any atom is 0.170 e. The number of ether oxygens (including phenoxy) is 1. The first-order valence-electron chi connectivity index (χ1n) is 9.28. The summed E-state index contributed by atoms with van der Waals surface area (Å²) in [5.74, 6) is 1.13. The molecule has 1 atom stereocenters. The smallest absolute Gasteiger partial charge is 0.170 e. The van der Waals surface area contributed by atoms with Gasteiger partial charge >= 0.3 is 0 Å². The third-order valence-electron chi connectivity index (χ3n) is 5.61. The number of piperidine rings is 1. The quantitative estimate of drug-likeness (QED) is 0.710. The molecule has 0 saturated carbocycles. The SMILES string of the molecule is Fc1ccc2c(C3CCN(CC4Cc5ccccc5O4)CC3)noc2c1. The van der Waals surface area contributed by atoms with Crippen LogP contribution in [0.1, 0.15) is 30.0 Å². The van der Waals surface area contributed by atoms with E-state index in [-0.39, 0.29) is 11.9 Å². The van der Waals surface area contributed by atoms with Crippen molar-refractivity contribution in [1.29, 1.82) is 0 Å². The minimum atomic E-state index is -0.285. The van der Waals surface area contributed by atoms with E-state index in [9.17, 15) is 4.39 Å². The highest BCUT2D eigenvalue weighted by Gasteiger charge is 2.29. The number of para-hydroxylation sites is 1. The fraction of sp³-hybridized carbons (Fsp3) is 0.381. The lowest BCUT2D eigenvalue weighted by molar-refractivity contribution is 0.127. The molecule has 2 aliphatic rings. The number of nitrogens with zero attached hydrogens (tertiary/aromatic N) is 2. The molecule has 0 aliphatic carbocycles. The van der Waals surface area contributed by atoms with Gasteiger partial charge in [0.05, 0.1) is 5.69 Å². The van der Waals surface area contributed by atoms with Gasteiger partial charge in [-0.3, -0.25) is 4.90 Å². The molecule has 1 fully saturated rings. The minimum absolute atomic E-state index is 0.250. The average Bonchev–Trinajstić information content (AvgIpc) is 3.25. The van der Waals surface area contributed by atoms with Crippen molar-refractivity contribution in [3.63, 3.8) is 0 Å². The van der Waals surface area contributed by atoms with Crippen LogP contribution in [-0.4, -0.2) is 35.8 Å². The van der Waals surface area contributed by atoms with Gasteiger partial charge in [0.25, 0.3) is 0 Å². The number of aromatic nitrogens is 1. The largest absolute Gasteiger partial charge is 0.488 e. The highest BCUT2D eigenvalue weighted by atomic mass is 19.1. The van der Waals surface area contributed by atoms with Gasteiger partial charge in [0, 0.05) is 30.3 Å². The highest BCUT2D eigenvalue weighted by molar-refractivity contribution is 5.79. The monoisotopic (exact) mass is 352 g/mol. The van der Waals surface area contributed by atoms with E-state index in [1.54, 1.807) is 6.07 Å². The minimum Gasteiger partial charge on any atom is -0.488 e. The highest BCUT2D eigenvalue weighted by Crippen LogP contribution is 2.34. The maximum absolute atomic E-state index is 13.3. The molecule has 0 spiro atoms. The van der Waals surface area contributed by atoms with Gasteiger partial charge in [-0.1, -0.05) is 23.4 Å². The van der Waals surface area contributed by atoms with Crippen molar-refractivity contribution in [3.8, 4) is 5.75 Å². The first-order valence-corrected chi connectivity index (χ1v) is 9.28. The van der Waals surface area contributed by atoms with Gasteiger partial charge in [-0.25, -0.2) is 4.39 Å². The molecule has 2 aromatic carbocycles. The van der Waals surface area contributed by atoms with Gasteiger partial charge in [-0.15, -0.1) is 0 Å². The number of likely N-dealkylation sites (tertiary alicyclic amines) is 1. The molecule has 1 saturated heterocycles. The Balaban J connectivity index is 1.21. The van der Waals surface area contributed by atoms with Gasteiger partial charge in [-0.05, 0) is 49.7 Å². The fourth-order valence-electron chi connectivity index (χ4n) is 4.26. The molecule has 0 bridgehead atoms. The predicted molar refractivity (Wildman–Crippen MR) is 96.9 cm³/mol. The van der Waals surface area contributed by atoms with Crippen molar-refractivity contribution in [2.24, 2.45) is 0 Å². The van der Waals surface area contributed by atoms with Crippen LogP contribution < -0.4 is 4.74 Å². The van der Waals surface area contributed by atoms with Gasteiger partial charge in [-0.2, -0.15) is 0 Å². The van der Waals surface area contributed by atoms with E-state index >= 15 is 0 Å². The molecule has 0 radical (unpaired) electrons. The molecule has 1 aromatic heterocycles. The fourth-order valence-corrected chi connectivity index (χ4v) is 4.26. The molecule has 134 valence electrons. The van der Waals surface area contributed by atoms with Crippen LogP contribution in [0.25, 0.3) is 11.0 Å². The number of hydrogen-bond acceptors (Lipinski definition) is 4. The number of benzene rings is 2. The molecule has 2 aliphatic heterocycles. The van der Waals surface area contributed by atoms with Crippen molar-refractivity contribution in [2.75, 3.05) is 19.6 Å². The van der Waals surface area contributed by atoms with Crippen LogP contribution in [0.3, 0.4) is 0 Å². The summed E-state index contributed by atoms with van der Waals surface area (Å²) in [5.41, 5.74) is 2.83. The Labute approximate surface area is 151 Å². The number of rotatable bonds is 3. The molecule has 3 heterocycles. The Kier molecular flexibility index (Phi) is 3.89. The van der Waals surface area contributed by atoms with Crippen molar-refractivity contribution in [3.05, 3.63) is 59.5 Å². The maximum atomic E-state index is 13.3. The van der Waals surface area contributed by atoms with Crippen LogP contribution in [0.5, 0.6) is 5.75 Å². The zero-order valence-electron chi connectivity index (χ0n) is 14.5. The van der Waals surface area contributed by atoms with Crippen molar-refractivity contribution >= 4 is 11.0 Å². The van der Waals surface area contributed by atoms with E-state index < -0.39 is 0 Å². The van der Waals surface area contributed by atoms with E-state index in [1.807, 2.05) is 6.07 Å². The molecule has 0 amide bonds. The summed E-state index contributed by atoms with van der Waals surface area (Å²) in [4.78, 5) is 2.48. The van der Waals surface area contributed by atoms with E-state index in [4.69, 9.17) is 9.26 Å². The second-order valence-electron chi connectivity index (χ2n) is 7.33. The summed E-state index contributed by atoms with van der Waals surface area (Å²) in [6.45, 7) is 3.01. The molecule has 5 heteroatoms. The summed E-state index contributed by atoms with van der Waals surface area (Å²) in [6, 6.07) is 13.0. The first-order chi connectivity index (χ1) is 12.8. The Morgan fingerprint density at radius 2 is 1.96 bits per heavy atom. The summed E-state index contributed by atoms with van der Waals surface area (Å²) in [5, 5.41) is 5.17. The summed E-state index contributed by atoms with van der Waals surface area (Å²) in [6.07, 6.45) is 3.33. The Morgan fingerprint density at radius 3 is 2.81 bits per heavy atom. The Morgan fingerprint density at radius 1 is 1.12 bits per heavy atom. The lowest BCUT2D eigenvalue weighted by Gasteiger charge is -2.32. The van der Waals surface area contributed by atoms with Crippen molar-refractivity contribution in [1.82, 2.24) is 10.1 Å². The molecular weight excluding hydrogens is 331 g/mol. The Bertz CT molecular complexity index is 906. The zero-order chi connectivity index (χ0) is 17.5. The van der Waals surface area contributed by atoms with E-state index in [2.05, 4.69) is 28.3 Å². The second kappa shape index (κ2) is 6.40. The van der Waals surface area contributed by atoms with E-state index in [0.29, 0.717) is 11.5 Å². The molecule has 3 aromatic rings. The molecule has 1 unspecified atom stereocenters. The lowest BCUT2D eigenvalue weighted by atomic mass is 9.91.